The summed E-state index contributed by atoms with van der Waals surface area (Å²) in [4.78, 5) is 39.2. The Morgan fingerprint density at radius 3 is 2.42 bits per heavy atom. The van der Waals surface area contributed by atoms with Crippen molar-refractivity contribution in [3.05, 3.63) is 93.2 Å². The average molecular weight is 599 g/mol. The molecule has 1 N–H and O–H groups in total. The molecule has 204 valence electrons. The lowest BCUT2D eigenvalue weighted by Gasteiger charge is -2.30. The van der Waals surface area contributed by atoms with Crippen molar-refractivity contribution in [2.75, 3.05) is 13.1 Å². The minimum atomic E-state index is -1.08. The lowest BCUT2D eigenvalue weighted by molar-refractivity contribution is -0.131. The summed E-state index contributed by atoms with van der Waals surface area (Å²) in [6.07, 6.45) is 6.53. The summed E-state index contributed by atoms with van der Waals surface area (Å²) in [5.74, 6) is -1.72. The van der Waals surface area contributed by atoms with Crippen molar-refractivity contribution in [3.63, 3.8) is 0 Å². The molecule has 0 bridgehead atoms. The Labute approximate surface area is 244 Å². The van der Waals surface area contributed by atoms with E-state index in [0.717, 1.165) is 6.08 Å². The molecule has 0 unspecified atom stereocenters. The van der Waals surface area contributed by atoms with Crippen LogP contribution < -0.4 is 0 Å². The summed E-state index contributed by atoms with van der Waals surface area (Å²) < 4.78 is 7.24. The molecule has 2 aromatic heterocycles. The molecule has 2 aromatic carbocycles. The second-order valence-electron chi connectivity index (χ2n) is 9.26. The molecule has 1 aliphatic rings. The maximum atomic E-state index is 14.3. The molecule has 0 saturated carbocycles. The third-order valence-electron chi connectivity index (χ3n) is 6.93. The predicted octanol–water partition coefficient (Wildman–Crippen LogP) is 6.93. The van der Waals surface area contributed by atoms with Crippen LogP contribution in [0, 0.1) is 0 Å². The van der Waals surface area contributed by atoms with Crippen LogP contribution in [0.15, 0.2) is 65.8 Å². The molecular formula is C29H22Cl3N3O5. The number of aromatic nitrogens is 2. The number of amides is 1. The molecular weight excluding hydrogens is 577 g/mol. The zero-order valence-corrected chi connectivity index (χ0v) is 23.2. The van der Waals surface area contributed by atoms with E-state index < -0.39 is 11.9 Å². The summed E-state index contributed by atoms with van der Waals surface area (Å²) in [5.41, 5.74) is 2.13. The third-order valence-corrected chi connectivity index (χ3v) is 7.74. The number of carboxylic acids is 1. The van der Waals surface area contributed by atoms with Gasteiger partial charge in [-0.1, -0.05) is 58.7 Å². The summed E-state index contributed by atoms with van der Waals surface area (Å²) in [5, 5.41) is 14.8. The van der Waals surface area contributed by atoms with Crippen molar-refractivity contribution in [2.24, 2.45) is 0 Å². The number of aliphatic carboxylic acids is 1. The summed E-state index contributed by atoms with van der Waals surface area (Å²) in [7, 11) is 0. The highest BCUT2D eigenvalue weighted by Crippen LogP contribution is 2.42. The first kappa shape index (κ1) is 27.7. The smallest absolute Gasteiger partial charge is 0.328 e. The molecule has 5 rings (SSSR count). The number of hydrogen-bond acceptors (Lipinski definition) is 5. The Hall–Kier alpha value is -3.85. The highest BCUT2D eigenvalue weighted by Gasteiger charge is 2.34. The standard InChI is InChI=1S/C29H22Cl3N3O5/c1-2-23(36)34-11-8-17(9-12-34)27-26(28(40-33-27)25-20(31)14-18(30)15-21(25)32)29(39)35-13-10-19-16(6-7-24(37)38)4-3-5-22(19)35/h2-7,10,13-15,17H,1,8-9,11-12H2,(H,37,38)/b7-6+. The number of fused-ring (bicyclic) bond motifs is 1. The van der Waals surface area contributed by atoms with Gasteiger partial charge in [-0.05, 0) is 54.8 Å². The van der Waals surface area contributed by atoms with Crippen LogP contribution in [-0.4, -0.2) is 50.6 Å². The summed E-state index contributed by atoms with van der Waals surface area (Å²) in [6, 6.07) is 10.0. The molecule has 8 nitrogen and oxygen atoms in total. The fraction of sp³-hybridized carbons (Fsp3) is 0.172. The van der Waals surface area contributed by atoms with Gasteiger partial charge in [-0.2, -0.15) is 0 Å². The SMILES string of the molecule is C=CC(=O)N1CCC(c2noc(-c3c(Cl)cc(Cl)cc3Cl)c2C(=O)n2ccc3c(/C=C/C(=O)O)cccc32)CC1. The molecule has 1 saturated heterocycles. The number of benzene rings is 2. The summed E-state index contributed by atoms with van der Waals surface area (Å²) >= 11 is 19.2. The number of nitrogens with zero attached hydrogens (tertiary/aromatic N) is 3. The molecule has 40 heavy (non-hydrogen) atoms. The monoisotopic (exact) mass is 597 g/mol. The molecule has 11 heteroatoms. The second-order valence-corrected chi connectivity index (χ2v) is 10.5. The highest BCUT2D eigenvalue weighted by atomic mass is 35.5. The first-order valence-electron chi connectivity index (χ1n) is 12.3. The number of piperidine rings is 1. The van der Waals surface area contributed by atoms with Crippen molar-refractivity contribution in [1.82, 2.24) is 14.6 Å². The first-order chi connectivity index (χ1) is 19.2. The number of carbonyl (C=O) groups is 3. The average Bonchev–Trinajstić information content (AvgIpc) is 3.56. The van der Waals surface area contributed by atoms with E-state index in [0.29, 0.717) is 53.1 Å². The van der Waals surface area contributed by atoms with Crippen LogP contribution in [-0.2, 0) is 9.59 Å². The van der Waals surface area contributed by atoms with Crippen molar-refractivity contribution in [2.45, 2.75) is 18.8 Å². The molecule has 0 aliphatic carbocycles. The Kier molecular flexibility index (Phi) is 7.85. The Morgan fingerprint density at radius 1 is 1.07 bits per heavy atom. The van der Waals surface area contributed by atoms with E-state index in [-0.39, 0.29) is 38.8 Å². The van der Waals surface area contributed by atoms with E-state index in [4.69, 9.17) is 44.4 Å². The van der Waals surface area contributed by atoms with Crippen molar-refractivity contribution >= 4 is 69.6 Å². The lowest BCUT2D eigenvalue weighted by atomic mass is 9.89. The van der Waals surface area contributed by atoms with Crippen LogP contribution in [0.1, 0.15) is 40.4 Å². The molecule has 0 atom stereocenters. The van der Waals surface area contributed by atoms with Crippen molar-refractivity contribution in [1.29, 1.82) is 0 Å². The number of halogens is 3. The quantitative estimate of drug-likeness (QED) is 0.241. The van der Waals surface area contributed by atoms with E-state index in [1.807, 2.05) is 0 Å². The highest BCUT2D eigenvalue weighted by molar-refractivity contribution is 6.42. The minimum absolute atomic E-state index is 0.111. The van der Waals surface area contributed by atoms with Crippen LogP contribution >= 0.6 is 34.8 Å². The fourth-order valence-electron chi connectivity index (χ4n) is 5.02. The maximum Gasteiger partial charge on any atom is 0.328 e. The molecule has 1 amide bonds. The normalized spacial score (nSPS) is 14.2. The van der Waals surface area contributed by atoms with E-state index in [1.54, 1.807) is 35.4 Å². The van der Waals surface area contributed by atoms with Gasteiger partial charge in [0.1, 0.15) is 11.3 Å². The largest absolute Gasteiger partial charge is 0.478 e. The van der Waals surface area contributed by atoms with E-state index in [9.17, 15) is 14.4 Å². The van der Waals surface area contributed by atoms with Crippen LogP contribution in [0.5, 0.6) is 0 Å². The molecule has 3 heterocycles. The zero-order chi connectivity index (χ0) is 28.6. The van der Waals surface area contributed by atoms with E-state index >= 15 is 0 Å². The van der Waals surface area contributed by atoms with E-state index in [1.165, 1.54) is 28.9 Å². The van der Waals surface area contributed by atoms with Crippen molar-refractivity contribution in [3.8, 4) is 11.3 Å². The van der Waals surface area contributed by atoms with Gasteiger partial charge in [-0.25, -0.2) is 4.79 Å². The number of rotatable bonds is 6. The third kappa shape index (κ3) is 5.18. The lowest BCUT2D eigenvalue weighted by Crippen LogP contribution is -2.37. The van der Waals surface area contributed by atoms with Crippen LogP contribution in [0.2, 0.25) is 15.1 Å². The minimum Gasteiger partial charge on any atom is -0.478 e. The maximum absolute atomic E-state index is 14.3. The van der Waals surface area contributed by atoms with Crippen LogP contribution in [0.25, 0.3) is 28.3 Å². The van der Waals surface area contributed by atoms with Gasteiger partial charge in [0.25, 0.3) is 5.91 Å². The zero-order valence-electron chi connectivity index (χ0n) is 20.9. The van der Waals surface area contributed by atoms with Gasteiger partial charge in [-0.15, -0.1) is 0 Å². The van der Waals surface area contributed by atoms with Crippen LogP contribution in [0.3, 0.4) is 0 Å². The Balaban J connectivity index is 1.64. The molecule has 4 aromatic rings. The molecule has 0 spiro atoms. The fourth-order valence-corrected chi connectivity index (χ4v) is 6.00. The number of carboxylic acid groups (broad SMARTS) is 1. The summed E-state index contributed by atoms with van der Waals surface area (Å²) in [6.45, 7) is 4.50. The first-order valence-corrected chi connectivity index (χ1v) is 13.4. The van der Waals surface area contributed by atoms with Gasteiger partial charge >= 0.3 is 5.97 Å². The Morgan fingerprint density at radius 2 is 1.77 bits per heavy atom. The number of hydrogen-bond donors (Lipinski definition) is 1. The van der Waals surface area contributed by atoms with Gasteiger partial charge in [0, 0.05) is 41.7 Å². The number of carbonyl (C=O) groups excluding carboxylic acids is 2. The molecule has 1 aliphatic heterocycles. The topological polar surface area (TPSA) is 106 Å². The molecule has 1 fully saturated rings. The van der Waals surface area contributed by atoms with E-state index in [2.05, 4.69) is 11.7 Å². The second kappa shape index (κ2) is 11.3. The van der Waals surface area contributed by atoms with Crippen LogP contribution in [0.4, 0.5) is 0 Å². The Bertz CT molecular complexity index is 1670. The van der Waals surface area contributed by atoms with Gasteiger partial charge in [0.05, 0.1) is 21.1 Å². The molecule has 0 radical (unpaired) electrons. The number of likely N-dealkylation sites (tertiary alicyclic amines) is 1. The van der Waals surface area contributed by atoms with Gasteiger partial charge < -0.3 is 14.5 Å². The van der Waals surface area contributed by atoms with Gasteiger partial charge in [0.15, 0.2) is 5.76 Å². The van der Waals surface area contributed by atoms with Gasteiger partial charge in [-0.3, -0.25) is 14.2 Å². The van der Waals surface area contributed by atoms with Crippen molar-refractivity contribution < 1.29 is 24.0 Å². The predicted molar refractivity (Wildman–Crippen MR) is 154 cm³/mol. The van der Waals surface area contributed by atoms with Gasteiger partial charge in [0.2, 0.25) is 5.91 Å².